The smallest absolute Gasteiger partial charge is 0.100 e. The van der Waals surface area contributed by atoms with Crippen LogP contribution in [0.4, 0.5) is 0 Å². The SMILES string of the molecule is C=C(C)C(O)C(O)CC. The highest BCUT2D eigenvalue weighted by Gasteiger charge is 2.13. The van der Waals surface area contributed by atoms with Crippen molar-refractivity contribution in [2.24, 2.45) is 0 Å². The predicted octanol–water partition coefficient (Wildman–Crippen LogP) is 0.694. The highest BCUT2D eigenvalue weighted by Crippen LogP contribution is 2.05. The summed E-state index contributed by atoms with van der Waals surface area (Å²) < 4.78 is 0. The number of rotatable bonds is 3. The highest BCUT2D eigenvalue weighted by atomic mass is 16.3. The van der Waals surface area contributed by atoms with E-state index in [2.05, 4.69) is 6.58 Å². The van der Waals surface area contributed by atoms with Crippen molar-refractivity contribution in [3.63, 3.8) is 0 Å². The van der Waals surface area contributed by atoms with Gasteiger partial charge in [0.1, 0.15) is 6.10 Å². The lowest BCUT2D eigenvalue weighted by molar-refractivity contribution is 0.0401. The zero-order valence-corrected chi connectivity index (χ0v) is 5.96. The van der Waals surface area contributed by atoms with E-state index in [-0.39, 0.29) is 0 Å². The van der Waals surface area contributed by atoms with Crippen molar-refractivity contribution in [2.45, 2.75) is 32.5 Å². The van der Waals surface area contributed by atoms with E-state index in [1.807, 2.05) is 6.92 Å². The fourth-order valence-corrected chi connectivity index (χ4v) is 0.552. The first-order valence-corrected chi connectivity index (χ1v) is 3.11. The fourth-order valence-electron chi connectivity index (χ4n) is 0.552. The maximum absolute atomic E-state index is 9.05. The molecule has 0 aliphatic heterocycles. The minimum atomic E-state index is -0.755. The third kappa shape index (κ3) is 2.63. The Labute approximate surface area is 55.8 Å². The van der Waals surface area contributed by atoms with Crippen molar-refractivity contribution in [3.8, 4) is 0 Å². The van der Waals surface area contributed by atoms with Gasteiger partial charge in [0.15, 0.2) is 0 Å². The molecule has 0 aliphatic carbocycles. The maximum atomic E-state index is 9.05. The summed E-state index contributed by atoms with van der Waals surface area (Å²) in [5.74, 6) is 0. The molecule has 0 saturated carbocycles. The molecular weight excluding hydrogens is 116 g/mol. The van der Waals surface area contributed by atoms with Crippen LogP contribution >= 0.6 is 0 Å². The number of hydrogen-bond acceptors (Lipinski definition) is 2. The molecule has 0 heterocycles. The summed E-state index contributed by atoms with van der Waals surface area (Å²) in [6.07, 6.45) is -0.842. The first-order chi connectivity index (χ1) is 4.09. The summed E-state index contributed by atoms with van der Waals surface area (Å²) in [5.41, 5.74) is 0.615. The molecule has 2 nitrogen and oxygen atoms in total. The first kappa shape index (κ1) is 8.66. The van der Waals surface area contributed by atoms with Gasteiger partial charge in [-0.05, 0) is 18.9 Å². The van der Waals surface area contributed by atoms with E-state index in [0.29, 0.717) is 12.0 Å². The largest absolute Gasteiger partial charge is 0.390 e. The van der Waals surface area contributed by atoms with Gasteiger partial charge in [-0.3, -0.25) is 0 Å². The monoisotopic (exact) mass is 130 g/mol. The molecule has 0 bridgehead atoms. The number of aliphatic hydroxyl groups is 2. The Morgan fingerprint density at radius 2 is 2.00 bits per heavy atom. The van der Waals surface area contributed by atoms with Gasteiger partial charge in [0.25, 0.3) is 0 Å². The van der Waals surface area contributed by atoms with Crippen LogP contribution in [0.15, 0.2) is 12.2 Å². The van der Waals surface area contributed by atoms with Crippen LogP contribution in [0.5, 0.6) is 0 Å². The number of hydrogen-bond donors (Lipinski definition) is 2. The van der Waals surface area contributed by atoms with E-state index in [9.17, 15) is 0 Å². The van der Waals surface area contributed by atoms with Gasteiger partial charge in [-0.15, -0.1) is 0 Å². The zero-order valence-electron chi connectivity index (χ0n) is 5.96. The molecule has 2 unspecified atom stereocenters. The van der Waals surface area contributed by atoms with Gasteiger partial charge in [0.05, 0.1) is 6.10 Å². The lowest BCUT2D eigenvalue weighted by Crippen LogP contribution is -2.25. The Kier molecular flexibility index (Phi) is 3.50. The molecule has 0 amide bonds. The summed E-state index contributed by atoms with van der Waals surface area (Å²) in [7, 11) is 0. The van der Waals surface area contributed by atoms with E-state index >= 15 is 0 Å². The Bertz CT molecular complexity index is 99.1. The van der Waals surface area contributed by atoms with Gasteiger partial charge in [-0.25, -0.2) is 0 Å². The van der Waals surface area contributed by atoms with Crippen LogP contribution in [-0.4, -0.2) is 22.4 Å². The molecule has 2 heteroatoms. The highest BCUT2D eigenvalue weighted by molar-refractivity contribution is 4.99. The molecule has 0 rings (SSSR count). The molecule has 2 N–H and O–H groups in total. The molecule has 0 spiro atoms. The van der Waals surface area contributed by atoms with Crippen LogP contribution in [0, 0.1) is 0 Å². The Morgan fingerprint density at radius 3 is 2.11 bits per heavy atom. The first-order valence-electron chi connectivity index (χ1n) is 3.11. The standard InChI is InChI=1S/C7H14O2/c1-4-6(8)7(9)5(2)3/h6-9H,2,4H2,1,3H3. The molecule has 0 radical (unpaired) electrons. The lowest BCUT2D eigenvalue weighted by Gasteiger charge is -2.15. The summed E-state index contributed by atoms with van der Waals surface area (Å²) in [6, 6.07) is 0. The third-order valence-corrected chi connectivity index (χ3v) is 1.29. The van der Waals surface area contributed by atoms with Gasteiger partial charge >= 0.3 is 0 Å². The molecule has 0 aliphatic rings. The normalized spacial score (nSPS) is 16.9. The van der Waals surface area contributed by atoms with E-state index < -0.39 is 12.2 Å². The van der Waals surface area contributed by atoms with Gasteiger partial charge in [0.2, 0.25) is 0 Å². The van der Waals surface area contributed by atoms with Crippen molar-refractivity contribution in [3.05, 3.63) is 12.2 Å². The van der Waals surface area contributed by atoms with E-state index in [4.69, 9.17) is 10.2 Å². The third-order valence-electron chi connectivity index (χ3n) is 1.29. The molecule has 2 atom stereocenters. The van der Waals surface area contributed by atoms with Crippen LogP contribution in [0.3, 0.4) is 0 Å². The van der Waals surface area contributed by atoms with Crippen LogP contribution in [0.2, 0.25) is 0 Å². The van der Waals surface area contributed by atoms with Crippen LogP contribution in [-0.2, 0) is 0 Å². The Balaban J connectivity index is 3.72. The zero-order chi connectivity index (χ0) is 7.44. The average Bonchev–Trinajstić information content (AvgIpc) is 1.84. The van der Waals surface area contributed by atoms with Crippen molar-refractivity contribution in [2.75, 3.05) is 0 Å². The molecule has 0 saturated heterocycles. The second-order valence-electron chi connectivity index (χ2n) is 2.27. The van der Waals surface area contributed by atoms with Crippen molar-refractivity contribution in [1.29, 1.82) is 0 Å². The van der Waals surface area contributed by atoms with Gasteiger partial charge in [-0.2, -0.15) is 0 Å². The summed E-state index contributed by atoms with van der Waals surface area (Å²) in [4.78, 5) is 0. The molecule has 0 fully saturated rings. The molecule has 54 valence electrons. The lowest BCUT2D eigenvalue weighted by atomic mass is 10.1. The summed E-state index contributed by atoms with van der Waals surface area (Å²) in [5, 5.41) is 18.0. The maximum Gasteiger partial charge on any atom is 0.100 e. The molecular formula is C7H14O2. The fraction of sp³-hybridized carbons (Fsp3) is 0.714. The van der Waals surface area contributed by atoms with E-state index in [0.717, 1.165) is 0 Å². The van der Waals surface area contributed by atoms with Gasteiger partial charge in [0, 0.05) is 0 Å². The van der Waals surface area contributed by atoms with Gasteiger partial charge in [-0.1, -0.05) is 13.5 Å². The van der Waals surface area contributed by atoms with Crippen molar-refractivity contribution >= 4 is 0 Å². The van der Waals surface area contributed by atoms with E-state index in [1.165, 1.54) is 0 Å². The quantitative estimate of drug-likeness (QED) is 0.552. The summed E-state index contributed by atoms with van der Waals surface area (Å²) in [6.45, 7) is 7.03. The number of aliphatic hydroxyl groups excluding tert-OH is 2. The van der Waals surface area contributed by atoms with Crippen LogP contribution in [0.1, 0.15) is 20.3 Å². The Morgan fingerprint density at radius 1 is 1.56 bits per heavy atom. The summed E-state index contributed by atoms with van der Waals surface area (Å²) >= 11 is 0. The second-order valence-corrected chi connectivity index (χ2v) is 2.27. The van der Waals surface area contributed by atoms with E-state index in [1.54, 1.807) is 6.92 Å². The average molecular weight is 130 g/mol. The molecule has 0 aromatic carbocycles. The molecule has 0 aromatic rings. The Hall–Kier alpha value is -0.340. The van der Waals surface area contributed by atoms with Crippen LogP contribution < -0.4 is 0 Å². The second kappa shape index (κ2) is 3.64. The topological polar surface area (TPSA) is 40.5 Å². The molecule has 0 aromatic heterocycles. The minimum Gasteiger partial charge on any atom is -0.390 e. The van der Waals surface area contributed by atoms with Gasteiger partial charge < -0.3 is 10.2 Å². The predicted molar refractivity (Wildman–Crippen MR) is 37.1 cm³/mol. The minimum absolute atomic E-state index is 0.564. The van der Waals surface area contributed by atoms with Crippen LogP contribution in [0.25, 0.3) is 0 Å². The molecule has 9 heavy (non-hydrogen) atoms. The van der Waals surface area contributed by atoms with Crippen molar-refractivity contribution < 1.29 is 10.2 Å². The van der Waals surface area contributed by atoms with Crippen molar-refractivity contribution in [1.82, 2.24) is 0 Å².